The number of nitrogens with zero attached hydrogens (tertiary/aromatic N) is 2. The summed E-state index contributed by atoms with van der Waals surface area (Å²) in [5.41, 5.74) is 0.894. The highest BCUT2D eigenvalue weighted by Crippen LogP contribution is 2.17. The number of nitrogens with one attached hydrogen (secondary N) is 1. The minimum Gasteiger partial charge on any atom is -0.472 e. The molecule has 1 aliphatic rings. The van der Waals surface area contributed by atoms with Crippen molar-refractivity contribution in [1.82, 2.24) is 15.5 Å². The second-order valence-corrected chi connectivity index (χ2v) is 4.10. The van der Waals surface area contributed by atoms with Crippen molar-refractivity contribution in [3.8, 4) is 5.88 Å². The van der Waals surface area contributed by atoms with Gasteiger partial charge in [0.15, 0.2) is 5.15 Å². The molecule has 5 heteroatoms. The second-order valence-electron chi connectivity index (χ2n) is 3.74. The van der Waals surface area contributed by atoms with Gasteiger partial charge in [0.25, 0.3) is 0 Å². The minimum atomic E-state index is 0.202. The molecule has 1 aliphatic heterocycles. The summed E-state index contributed by atoms with van der Waals surface area (Å²) < 4.78 is 5.70. The number of hydrogen-bond donors (Lipinski definition) is 1. The van der Waals surface area contributed by atoms with Crippen LogP contribution >= 0.6 is 11.6 Å². The molecule has 4 nitrogen and oxygen atoms in total. The third-order valence-electron chi connectivity index (χ3n) is 2.44. The summed E-state index contributed by atoms with van der Waals surface area (Å²) in [7, 11) is 0. The molecule has 0 bridgehead atoms. The van der Waals surface area contributed by atoms with Crippen molar-refractivity contribution >= 4 is 11.6 Å². The molecule has 2 heterocycles. The lowest BCUT2D eigenvalue weighted by atomic mass is 10.1. The molecule has 0 aliphatic carbocycles. The Hall–Kier alpha value is -0.870. The van der Waals surface area contributed by atoms with Gasteiger partial charge in [0.05, 0.1) is 0 Å². The number of ether oxygens (including phenoxy) is 1. The van der Waals surface area contributed by atoms with E-state index in [1.165, 1.54) is 0 Å². The smallest absolute Gasteiger partial charge is 0.234 e. The average molecular weight is 228 g/mol. The number of aryl methyl sites for hydroxylation is 1. The molecule has 1 fully saturated rings. The van der Waals surface area contributed by atoms with Crippen LogP contribution in [0.25, 0.3) is 0 Å². The Morgan fingerprint density at radius 2 is 2.40 bits per heavy atom. The van der Waals surface area contributed by atoms with Gasteiger partial charge in [-0.1, -0.05) is 11.6 Å². The molecule has 0 unspecified atom stereocenters. The predicted molar refractivity (Wildman–Crippen MR) is 58.3 cm³/mol. The first-order valence-corrected chi connectivity index (χ1v) is 5.50. The minimum absolute atomic E-state index is 0.202. The molecule has 1 aromatic rings. The van der Waals surface area contributed by atoms with E-state index in [0.29, 0.717) is 11.0 Å². The molecular weight excluding hydrogens is 214 g/mol. The lowest BCUT2D eigenvalue weighted by Gasteiger charge is -2.23. The Balaban J connectivity index is 2.00. The summed E-state index contributed by atoms with van der Waals surface area (Å²) in [5.74, 6) is 0.561. The van der Waals surface area contributed by atoms with Gasteiger partial charge in [0, 0.05) is 12.6 Å². The fourth-order valence-electron chi connectivity index (χ4n) is 1.59. The first kappa shape index (κ1) is 10.6. The molecule has 2 rings (SSSR count). The monoisotopic (exact) mass is 227 g/mol. The van der Waals surface area contributed by atoms with Gasteiger partial charge in [0.1, 0.15) is 6.10 Å². The maximum absolute atomic E-state index is 5.78. The van der Waals surface area contributed by atoms with E-state index >= 15 is 0 Å². The van der Waals surface area contributed by atoms with E-state index < -0.39 is 0 Å². The van der Waals surface area contributed by atoms with Crippen LogP contribution < -0.4 is 10.1 Å². The zero-order valence-corrected chi connectivity index (χ0v) is 9.42. The molecule has 1 aromatic heterocycles. The van der Waals surface area contributed by atoms with E-state index in [1.54, 1.807) is 0 Å². The Kier molecular flexibility index (Phi) is 3.38. The molecule has 0 radical (unpaired) electrons. The standard InChI is InChI=1S/C10H14ClN3O/c1-7-5-9(13-14-10(7)11)15-8-3-2-4-12-6-8/h5,8,12H,2-4,6H2,1H3/t8-/m1/s1. The maximum atomic E-state index is 5.78. The Bertz CT molecular complexity index is 339. The lowest BCUT2D eigenvalue weighted by molar-refractivity contribution is 0.159. The summed E-state index contributed by atoms with van der Waals surface area (Å²) in [6.45, 7) is 3.84. The van der Waals surface area contributed by atoms with Crippen molar-refractivity contribution in [3.05, 3.63) is 16.8 Å². The van der Waals surface area contributed by atoms with Crippen LogP contribution in [0.4, 0.5) is 0 Å². The first-order chi connectivity index (χ1) is 7.25. The number of piperidine rings is 1. The highest BCUT2D eigenvalue weighted by atomic mass is 35.5. The molecule has 0 aromatic carbocycles. The van der Waals surface area contributed by atoms with Gasteiger partial charge in [-0.25, -0.2) is 0 Å². The van der Waals surface area contributed by atoms with E-state index in [9.17, 15) is 0 Å². The second kappa shape index (κ2) is 4.77. The molecule has 0 spiro atoms. The van der Waals surface area contributed by atoms with Gasteiger partial charge in [-0.15, -0.1) is 10.2 Å². The fraction of sp³-hybridized carbons (Fsp3) is 0.600. The highest BCUT2D eigenvalue weighted by Gasteiger charge is 2.15. The SMILES string of the molecule is Cc1cc(O[C@@H]2CCCNC2)nnc1Cl. The van der Waals surface area contributed by atoms with Crippen molar-refractivity contribution in [2.24, 2.45) is 0 Å². The third kappa shape index (κ3) is 2.79. The molecule has 1 atom stereocenters. The van der Waals surface area contributed by atoms with Gasteiger partial charge < -0.3 is 10.1 Å². The predicted octanol–water partition coefficient (Wildman–Crippen LogP) is 1.57. The van der Waals surface area contributed by atoms with Gasteiger partial charge in [0.2, 0.25) is 5.88 Å². The van der Waals surface area contributed by atoms with Crippen molar-refractivity contribution in [2.75, 3.05) is 13.1 Å². The van der Waals surface area contributed by atoms with Crippen LogP contribution in [0.1, 0.15) is 18.4 Å². The van der Waals surface area contributed by atoms with Crippen LogP contribution in [0.2, 0.25) is 5.15 Å². The summed E-state index contributed by atoms with van der Waals surface area (Å²) in [4.78, 5) is 0. The molecule has 0 saturated carbocycles. The number of halogens is 1. The van der Waals surface area contributed by atoms with Crippen LogP contribution in [0.15, 0.2) is 6.07 Å². The number of rotatable bonds is 2. The Labute approximate surface area is 94.0 Å². The van der Waals surface area contributed by atoms with Crippen LogP contribution in [0.5, 0.6) is 5.88 Å². The van der Waals surface area contributed by atoms with Gasteiger partial charge in [-0.2, -0.15) is 0 Å². The van der Waals surface area contributed by atoms with Crippen molar-refractivity contribution in [1.29, 1.82) is 0 Å². The summed E-state index contributed by atoms with van der Waals surface area (Å²) in [6.07, 6.45) is 2.41. The van der Waals surface area contributed by atoms with Crippen molar-refractivity contribution in [2.45, 2.75) is 25.9 Å². The molecular formula is C10H14ClN3O. The van der Waals surface area contributed by atoms with Gasteiger partial charge in [-0.3, -0.25) is 0 Å². The molecule has 1 saturated heterocycles. The van der Waals surface area contributed by atoms with E-state index in [2.05, 4.69) is 15.5 Å². The zero-order chi connectivity index (χ0) is 10.7. The van der Waals surface area contributed by atoms with Crippen LogP contribution in [0.3, 0.4) is 0 Å². The summed E-state index contributed by atoms with van der Waals surface area (Å²) in [6, 6.07) is 1.82. The molecule has 1 N–H and O–H groups in total. The van der Waals surface area contributed by atoms with Crippen LogP contribution in [-0.4, -0.2) is 29.4 Å². The first-order valence-electron chi connectivity index (χ1n) is 5.13. The van der Waals surface area contributed by atoms with Gasteiger partial charge >= 0.3 is 0 Å². The van der Waals surface area contributed by atoms with Crippen LogP contribution in [0, 0.1) is 6.92 Å². The Morgan fingerprint density at radius 1 is 1.53 bits per heavy atom. The fourth-order valence-corrected chi connectivity index (χ4v) is 1.69. The van der Waals surface area contributed by atoms with Crippen molar-refractivity contribution < 1.29 is 4.74 Å². The van der Waals surface area contributed by atoms with E-state index in [0.717, 1.165) is 31.5 Å². The highest BCUT2D eigenvalue weighted by molar-refractivity contribution is 6.30. The van der Waals surface area contributed by atoms with E-state index in [1.807, 2.05) is 13.0 Å². The summed E-state index contributed by atoms with van der Waals surface area (Å²) in [5, 5.41) is 11.4. The van der Waals surface area contributed by atoms with Gasteiger partial charge in [-0.05, 0) is 31.9 Å². The van der Waals surface area contributed by atoms with Crippen molar-refractivity contribution in [3.63, 3.8) is 0 Å². The summed E-state index contributed by atoms with van der Waals surface area (Å²) >= 11 is 5.78. The molecule has 82 valence electrons. The maximum Gasteiger partial charge on any atom is 0.234 e. The largest absolute Gasteiger partial charge is 0.472 e. The topological polar surface area (TPSA) is 47.0 Å². The Morgan fingerprint density at radius 3 is 3.07 bits per heavy atom. The normalized spacial score (nSPS) is 21.3. The molecule has 0 amide bonds. The van der Waals surface area contributed by atoms with E-state index in [-0.39, 0.29) is 6.10 Å². The average Bonchev–Trinajstić information content (AvgIpc) is 2.25. The van der Waals surface area contributed by atoms with Crippen LogP contribution in [-0.2, 0) is 0 Å². The zero-order valence-electron chi connectivity index (χ0n) is 8.66. The van der Waals surface area contributed by atoms with E-state index in [4.69, 9.17) is 16.3 Å². The lowest BCUT2D eigenvalue weighted by Crippen LogP contribution is -2.37. The number of hydrogen-bond acceptors (Lipinski definition) is 4. The third-order valence-corrected chi connectivity index (χ3v) is 2.81. The molecule has 15 heavy (non-hydrogen) atoms. The quantitative estimate of drug-likeness (QED) is 0.833. The number of aromatic nitrogens is 2.